The highest BCUT2D eigenvalue weighted by molar-refractivity contribution is 7.89. The molecule has 0 fully saturated rings. The van der Waals surface area contributed by atoms with Gasteiger partial charge in [-0.15, -0.1) is 12.4 Å². The molecule has 1 heterocycles. The molecule has 122 valence electrons. The molecule has 0 spiro atoms. The topological polar surface area (TPSA) is 81.2 Å². The number of benzene rings is 1. The lowest BCUT2D eigenvalue weighted by atomic mass is 10.2. The van der Waals surface area contributed by atoms with E-state index in [-0.39, 0.29) is 42.1 Å². The van der Waals surface area contributed by atoms with Crippen molar-refractivity contribution in [1.29, 1.82) is 0 Å². The number of rotatable bonds is 6. The fourth-order valence-electron chi connectivity index (χ4n) is 2.03. The van der Waals surface area contributed by atoms with Gasteiger partial charge in [0.2, 0.25) is 0 Å². The highest BCUT2D eigenvalue weighted by Gasteiger charge is 2.29. The van der Waals surface area contributed by atoms with E-state index in [9.17, 15) is 8.42 Å². The number of hydrogen-bond donors (Lipinski definition) is 1. The average molecular weight is 365 g/mol. The van der Waals surface area contributed by atoms with E-state index in [0.717, 1.165) is 5.56 Å². The maximum atomic E-state index is 12.8. The van der Waals surface area contributed by atoms with Crippen molar-refractivity contribution in [2.45, 2.75) is 11.6 Å². The van der Waals surface area contributed by atoms with Crippen molar-refractivity contribution in [3.63, 3.8) is 0 Å². The molecule has 0 atom stereocenters. The van der Waals surface area contributed by atoms with Gasteiger partial charge in [-0.25, -0.2) is 8.42 Å². The first kappa shape index (κ1) is 18.9. The van der Waals surface area contributed by atoms with Gasteiger partial charge in [-0.2, -0.15) is 9.40 Å². The Morgan fingerprint density at radius 1 is 1.32 bits per heavy atom. The molecule has 22 heavy (non-hydrogen) atoms. The minimum atomic E-state index is -3.76. The second-order valence-corrected chi connectivity index (χ2v) is 6.79. The van der Waals surface area contributed by atoms with Crippen molar-refractivity contribution in [1.82, 2.24) is 14.1 Å². The van der Waals surface area contributed by atoms with Crippen molar-refractivity contribution in [2.24, 2.45) is 12.8 Å². The number of hydrogen-bond acceptors (Lipinski definition) is 4. The number of sulfonamides is 1. The minimum absolute atomic E-state index is 0. The first-order chi connectivity index (χ1) is 9.96. The molecule has 9 heteroatoms. The van der Waals surface area contributed by atoms with Gasteiger partial charge in [-0.05, 0) is 5.56 Å². The molecule has 0 aliphatic rings. The van der Waals surface area contributed by atoms with Crippen LogP contribution in [0.4, 0.5) is 0 Å². The zero-order valence-corrected chi connectivity index (χ0v) is 14.4. The SMILES string of the molecule is Cl.Cn1ncc(Cl)c1S(=O)(=O)N(CCN)Cc1ccccc1. The number of halogens is 2. The molecule has 2 N–H and O–H groups in total. The van der Waals surface area contributed by atoms with Gasteiger partial charge in [0.1, 0.15) is 0 Å². The van der Waals surface area contributed by atoms with Gasteiger partial charge < -0.3 is 5.73 Å². The Kier molecular flexibility index (Phi) is 6.83. The Bertz CT molecular complexity index is 685. The molecule has 1 aromatic carbocycles. The van der Waals surface area contributed by atoms with Gasteiger partial charge in [0.15, 0.2) is 5.03 Å². The van der Waals surface area contributed by atoms with Crippen LogP contribution in [0, 0.1) is 0 Å². The smallest absolute Gasteiger partial charge is 0.262 e. The zero-order valence-electron chi connectivity index (χ0n) is 12.0. The van der Waals surface area contributed by atoms with Crippen LogP contribution in [0.3, 0.4) is 0 Å². The Morgan fingerprint density at radius 2 is 1.95 bits per heavy atom. The third-order valence-electron chi connectivity index (χ3n) is 3.01. The van der Waals surface area contributed by atoms with E-state index in [1.807, 2.05) is 30.3 Å². The molecule has 2 aromatic rings. The van der Waals surface area contributed by atoms with Crippen molar-refractivity contribution in [3.05, 3.63) is 47.1 Å². The van der Waals surface area contributed by atoms with Crippen LogP contribution >= 0.6 is 24.0 Å². The number of aryl methyl sites for hydroxylation is 1. The summed E-state index contributed by atoms with van der Waals surface area (Å²) in [5.41, 5.74) is 6.43. The fraction of sp³-hybridized carbons (Fsp3) is 0.308. The van der Waals surface area contributed by atoms with Crippen LogP contribution < -0.4 is 5.73 Å². The van der Waals surface area contributed by atoms with Gasteiger partial charge in [-0.1, -0.05) is 41.9 Å². The lowest BCUT2D eigenvalue weighted by molar-refractivity contribution is 0.408. The summed E-state index contributed by atoms with van der Waals surface area (Å²) in [6.07, 6.45) is 1.32. The summed E-state index contributed by atoms with van der Waals surface area (Å²) >= 11 is 5.96. The average Bonchev–Trinajstić information content (AvgIpc) is 2.79. The number of aromatic nitrogens is 2. The van der Waals surface area contributed by atoms with Gasteiger partial charge >= 0.3 is 0 Å². The molecule has 0 saturated heterocycles. The van der Waals surface area contributed by atoms with E-state index in [0.29, 0.717) is 0 Å². The Morgan fingerprint density at radius 3 is 2.45 bits per heavy atom. The van der Waals surface area contributed by atoms with E-state index in [1.54, 1.807) is 7.05 Å². The monoisotopic (exact) mass is 364 g/mol. The third-order valence-corrected chi connectivity index (χ3v) is 5.36. The Balaban J connectivity index is 0.00000242. The molecule has 0 aliphatic carbocycles. The summed E-state index contributed by atoms with van der Waals surface area (Å²) < 4.78 is 28.1. The van der Waals surface area contributed by atoms with Crippen LogP contribution in [-0.2, 0) is 23.6 Å². The third kappa shape index (κ3) is 3.99. The van der Waals surface area contributed by atoms with Gasteiger partial charge in [-0.3, -0.25) is 4.68 Å². The largest absolute Gasteiger partial charge is 0.329 e. The van der Waals surface area contributed by atoms with E-state index >= 15 is 0 Å². The molecule has 0 amide bonds. The van der Waals surface area contributed by atoms with Crippen molar-refractivity contribution in [2.75, 3.05) is 13.1 Å². The summed E-state index contributed by atoms with van der Waals surface area (Å²) in [7, 11) is -2.21. The first-order valence-corrected chi connectivity index (χ1v) is 8.20. The van der Waals surface area contributed by atoms with Crippen molar-refractivity contribution in [3.8, 4) is 0 Å². The summed E-state index contributed by atoms with van der Waals surface area (Å²) in [5.74, 6) is 0. The maximum Gasteiger partial charge on any atom is 0.262 e. The van der Waals surface area contributed by atoms with Crippen LogP contribution in [0.1, 0.15) is 5.56 Å². The van der Waals surface area contributed by atoms with E-state index in [4.69, 9.17) is 17.3 Å². The summed E-state index contributed by atoms with van der Waals surface area (Å²) in [6.45, 7) is 0.669. The van der Waals surface area contributed by atoms with E-state index in [2.05, 4.69) is 5.10 Å². The normalized spacial score (nSPS) is 11.5. The summed E-state index contributed by atoms with van der Waals surface area (Å²) in [4.78, 5) is 0. The van der Waals surface area contributed by atoms with E-state index < -0.39 is 10.0 Å². The molecule has 0 unspecified atom stereocenters. The predicted octanol–water partition coefficient (Wildman–Crippen LogP) is 1.64. The van der Waals surface area contributed by atoms with Crippen molar-refractivity contribution >= 4 is 34.0 Å². The highest BCUT2D eigenvalue weighted by atomic mass is 35.5. The number of nitrogens with zero attached hydrogens (tertiary/aromatic N) is 3. The molecule has 1 aromatic heterocycles. The molecule has 2 rings (SSSR count). The fourth-order valence-corrected chi connectivity index (χ4v) is 4.08. The Hall–Kier alpha value is -1.12. The van der Waals surface area contributed by atoms with Crippen molar-refractivity contribution < 1.29 is 8.42 Å². The Labute approximate surface area is 141 Å². The first-order valence-electron chi connectivity index (χ1n) is 6.38. The lowest BCUT2D eigenvalue weighted by Crippen LogP contribution is -2.36. The van der Waals surface area contributed by atoms with Crippen LogP contribution in [0.5, 0.6) is 0 Å². The molecular formula is C13H18Cl2N4O2S. The summed E-state index contributed by atoms with van der Waals surface area (Å²) in [6, 6.07) is 9.33. The van der Waals surface area contributed by atoms with Crippen LogP contribution in [0.25, 0.3) is 0 Å². The van der Waals surface area contributed by atoms with Crippen LogP contribution in [0.2, 0.25) is 5.02 Å². The molecule has 0 radical (unpaired) electrons. The van der Waals surface area contributed by atoms with Gasteiger partial charge in [0.05, 0.1) is 11.2 Å². The molecule has 0 aliphatic heterocycles. The predicted molar refractivity (Wildman–Crippen MR) is 88.6 cm³/mol. The second-order valence-electron chi connectivity index (χ2n) is 4.53. The van der Waals surface area contributed by atoms with Gasteiger partial charge in [0, 0.05) is 26.7 Å². The number of nitrogens with two attached hydrogens (primary N) is 1. The minimum Gasteiger partial charge on any atom is -0.329 e. The molecule has 6 nitrogen and oxygen atoms in total. The second kappa shape index (κ2) is 7.94. The van der Waals surface area contributed by atoms with Crippen LogP contribution in [-0.4, -0.2) is 35.6 Å². The molecular weight excluding hydrogens is 347 g/mol. The maximum absolute atomic E-state index is 12.8. The highest BCUT2D eigenvalue weighted by Crippen LogP contribution is 2.24. The van der Waals surface area contributed by atoms with Gasteiger partial charge in [0.25, 0.3) is 10.0 Å². The molecule has 0 saturated carbocycles. The molecule has 0 bridgehead atoms. The summed E-state index contributed by atoms with van der Waals surface area (Å²) in [5, 5.41) is 3.96. The quantitative estimate of drug-likeness (QED) is 0.844. The lowest BCUT2D eigenvalue weighted by Gasteiger charge is -2.21. The van der Waals surface area contributed by atoms with Crippen LogP contribution in [0.15, 0.2) is 41.6 Å². The zero-order chi connectivity index (χ0) is 15.5. The van der Waals surface area contributed by atoms with E-state index in [1.165, 1.54) is 15.2 Å². The standard InChI is InChI=1S/C13H17ClN4O2S.ClH/c1-17-13(12(14)9-16-17)21(19,20)18(8-7-15)10-11-5-3-2-4-6-11;/h2-6,9H,7-8,10,15H2,1H3;1H.